The number of nitrogens with two attached hydrogens (primary N) is 1. The summed E-state index contributed by atoms with van der Waals surface area (Å²) >= 11 is 0. The fourth-order valence-electron chi connectivity index (χ4n) is 2.71. The summed E-state index contributed by atoms with van der Waals surface area (Å²) < 4.78 is 0. The summed E-state index contributed by atoms with van der Waals surface area (Å²) in [5.41, 5.74) is 6.90. The molecule has 0 aliphatic carbocycles. The fraction of sp³-hybridized carbons (Fsp3) is 0.550. The van der Waals surface area contributed by atoms with Crippen LogP contribution in [0.3, 0.4) is 0 Å². The number of carboxylic acids is 1. The van der Waals surface area contributed by atoms with E-state index in [0.29, 0.717) is 12.8 Å². The Morgan fingerprint density at radius 3 is 2.07 bits per heavy atom. The van der Waals surface area contributed by atoms with Crippen LogP contribution in [0.1, 0.15) is 39.7 Å². The van der Waals surface area contributed by atoms with Crippen LogP contribution in [0.25, 0.3) is 0 Å². The molecule has 0 spiro atoms. The lowest BCUT2D eigenvalue weighted by molar-refractivity contribution is -0.143. The van der Waals surface area contributed by atoms with Crippen molar-refractivity contribution in [3.63, 3.8) is 0 Å². The monoisotopic (exact) mass is 377 g/mol. The Morgan fingerprint density at radius 1 is 1.00 bits per heavy atom. The van der Waals surface area contributed by atoms with E-state index in [2.05, 4.69) is 10.6 Å². The molecule has 0 saturated heterocycles. The average molecular weight is 377 g/mol. The number of rotatable bonds is 10. The lowest BCUT2D eigenvalue weighted by Crippen LogP contribution is -2.56. The highest BCUT2D eigenvalue weighted by atomic mass is 16.4. The van der Waals surface area contributed by atoms with E-state index in [1.165, 1.54) is 0 Å². The van der Waals surface area contributed by atoms with Crippen LogP contribution in [0, 0.1) is 11.8 Å². The molecule has 0 radical (unpaired) electrons. The molecule has 0 bridgehead atoms. The lowest BCUT2D eigenvalue weighted by atomic mass is 9.99. The number of nitrogens with one attached hydrogen (secondary N) is 2. The minimum atomic E-state index is -1.09. The topological polar surface area (TPSA) is 122 Å². The highest BCUT2D eigenvalue weighted by Crippen LogP contribution is 2.09. The van der Waals surface area contributed by atoms with Gasteiger partial charge in [-0.3, -0.25) is 9.59 Å². The molecule has 1 aromatic carbocycles. The number of hydrogen-bond donors (Lipinski definition) is 4. The van der Waals surface area contributed by atoms with E-state index in [1.807, 2.05) is 44.2 Å². The Hall–Kier alpha value is -2.41. The van der Waals surface area contributed by atoms with Gasteiger partial charge in [0.25, 0.3) is 0 Å². The molecule has 27 heavy (non-hydrogen) atoms. The first-order chi connectivity index (χ1) is 12.6. The normalized spacial score (nSPS) is 14.5. The Labute approximate surface area is 160 Å². The molecule has 150 valence electrons. The van der Waals surface area contributed by atoms with Crippen molar-refractivity contribution in [2.45, 2.75) is 58.7 Å². The van der Waals surface area contributed by atoms with Crippen LogP contribution < -0.4 is 16.4 Å². The summed E-state index contributed by atoms with van der Waals surface area (Å²) in [6.45, 7) is 7.33. The number of hydrogen-bond acceptors (Lipinski definition) is 4. The molecular formula is C20H31N3O4. The second-order valence-corrected chi connectivity index (χ2v) is 7.56. The van der Waals surface area contributed by atoms with Gasteiger partial charge in [0.05, 0.1) is 6.04 Å². The van der Waals surface area contributed by atoms with Gasteiger partial charge in [0.15, 0.2) is 0 Å². The van der Waals surface area contributed by atoms with Crippen molar-refractivity contribution in [2.24, 2.45) is 17.6 Å². The van der Waals surface area contributed by atoms with Gasteiger partial charge in [0.2, 0.25) is 11.8 Å². The fourth-order valence-corrected chi connectivity index (χ4v) is 2.71. The smallest absolute Gasteiger partial charge is 0.326 e. The molecule has 0 heterocycles. The molecule has 1 aromatic rings. The van der Waals surface area contributed by atoms with E-state index in [0.717, 1.165) is 5.56 Å². The van der Waals surface area contributed by atoms with Crippen molar-refractivity contribution < 1.29 is 19.5 Å². The molecule has 7 heteroatoms. The van der Waals surface area contributed by atoms with Crippen LogP contribution in [0.4, 0.5) is 0 Å². The third-order valence-corrected chi connectivity index (χ3v) is 4.20. The quantitative estimate of drug-likeness (QED) is 0.490. The van der Waals surface area contributed by atoms with Gasteiger partial charge in [-0.15, -0.1) is 0 Å². The summed E-state index contributed by atoms with van der Waals surface area (Å²) in [5.74, 6) is -2.16. The third-order valence-electron chi connectivity index (χ3n) is 4.20. The van der Waals surface area contributed by atoms with Crippen LogP contribution >= 0.6 is 0 Å². The zero-order chi connectivity index (χ0) is 20.6. The van der Waals surface area contributed by atoms with Crippen LogP contribution in [-0.2, 0) is 20.8 Å². The highest BCUT2D eigenvalue weighted by molar-refractivity contribution is 5.92. The van der Waals surface area contributed by atoms with E-state index in [1.54, 1.807) is 13.8 Å². The second kappa shape index (κ2) is 10.7. The van der Waals surface area contributed by atoms with Crippen molar-refractivity contribution in [1.82, 2.24) is 10.6 Å². The largest absolute Gasteiger partial charge is 0.480 e. The van der Waals surface area contributed by atoms with E-state index in [4.69, 9.17) is 5.73 Å². The Kier molecular flexibility index (Phi) is 8.94. The van der Waals surface area contributed by atoms with Gasteiger partial charge < -0.3 is 21.5 Å². The summed E-state index contributed by atoms with van der Waals surface area (Å²) in [5, 5.41) is 14.5. The maximum Gasteiger partial charge on any atom is 0.326 e. The van der Waals surface area contributed by atoms with E-state index < -0.39 is 35.9 Å². The average Bonchev–Trinajstić information content (AvgIpc) is 2.58. The third kappa shape index (κ3) is 7.78. The molecule has 0 aliphatic heterocycles. The molecule has 0 saturated carbocycles. The predicted molar refractivity (Wildman–Crippen MR) is 104 cm³/mol. The van der Waals surface area contributed by atoms with E-state index in [-0.39, 0.29) is 11.8 Å². The molecule has 5 N–H and O–H groups in total. The Morgan fingerprint density at radius 2 is 1.59 bits per heavy atom. The summed E-state index contributed by atoms with van der Waals surface area (Å²) in [4.78, 5) is 36.4. The predicted octanol–water partition coefficient (Wildman–Crippen LogP) is 1.31. The van der Waals surface area contributed by atoms with Gasteiger partial charge >= 0.3 is 5.97 Å². The zero-order valence-electron chi connectivity index (χ0n) is 16.4. The van der Waals surface area contributed by atoms with Gasteiger partial charge in [-0.25, -0.2) is 4.79 Å². The molecule has 0 aliphatic rings. The number of carbonyl (C=O) groups is 3. The van der Waals surface area contributed by atoms with Gasteiger partial charge in [0.1, 0.15) is 12.1 Å². The van der Waals surface area contributed by atoms with Gasteiger partial charge in [-0.2, -0.15) is 0 Å². The minimum Gasteiger partial charge on any atom is -0.480 e. The number of carboxylic acid groups (broad SMARTS) is 1. The summed E-state index contributed by atoms with van der Waals surface area (Å²) in [6, 6.07) is 6.72. The molecule has 7 nitrogen and oxygen atoms in total. The lowest BCUT2D eigenvalue weighted by Gasteiger charge is -2.26. The number of amides is 2. The van der Waals surface area contributed by atoms with Crippen molar-refractivity contribution in [3.8, 4) is 0 Å². The maximum atomic E-state index is 12.6. The van der Waals surface area contributed by atoms with Crippen molar-refractivity contribution in [2.75, 3.05) is 0 Å². The van der Waals surface area contributed by atoms with Crippen molar-refractivity contribution >= 4 is 17.8 Å². The molecule has 0 fully saturated rings. The van der Waals surface area contributed by atoms with Crippen LogP contribution in [-0.4, -0.2) is 41.0 Å². The molecule has 2 amide bonds. The van der Waals surface area contributed by atoms with E-state index in [9.17, 15) is 19.5 Å². The molecular weight excluding hydrogens is 346 g/mol. The summed E-state index contributed by atoms with van der Waals surface area (Å²) in [7, 11) is 0. The Bertz CT molecular complexity index is 631. The van der Waals surface area contributed by atoms with Gasteiger partial charge in [-0.1, -0.05) is 58.0 Å². The highest BCUT2D eigenvalue weighted by Gasteiger charge is 2.30. The number of benzene rings is 1. The van der Waals surface area contributed by atoms with Crippen molar-refractivity contribution in [3.05, 3.63) is 35.9 Å². The van der Waals surface area contributed by atoms with E-state index >= 15 is 0 Å². The molecule has 1 unspecified atom stereocenters. The maximum absolute atomic E-state index is 12.6. The first-order valence-electron chi connectivity index (χ1n) is 9.24. The van der Waals surface area contributed by atoms with Gasteiger partial charge in [-0.05, 0) is 30.2 Å². The zero-order valence-corrected chi connectivity index (χ0v) is 16.4. The van der Waals surface area contributed by atoms with Crippen LogP contribution in [0.5, 0.6) is 0 Å². The minimum absolute atomic E-state index is 0.109. The Balaban J connectivity index is 2.74. The molecule has 3 atom stereocenters. The van der Waals surface area contributed by atoms with Crippen LogP contribution in [0.2, 0.25) is 0 Å². The second-order valence-electron chi connectivity index (χ2n) is 7.56. The number of aliphatic carboxylic acids is 1. The molecule has 0 aromatic heterocycles. The van der Waals surface area contributed by atoms with Gasteiger partial charge in [0, 0.05) is 0 Å². The summed E-state index contributed by atoms with van der Waals surface area (Å²) in [6.07, 6.45) is 0.664. The SMILES string of the molecule is CC(C)C[C@H](NC(=O)[C@@H](NC(=O)C(N)Cc1ccccc1)C(C)C)C(=O)O. The first kappa shape index (κ1) is 22.6. The first-order valence-corrected chi connectivity index (χ1v) is 9.24. The van der Waals surface area contributed by atoms with Crippen LogP contribution in [0.15, 0.2) is 30.3 Å². The van der Waals surface area contributed by atoms with Crippen molar-refractivity contribution in [1.29, 1.82) is 0 Å². The molecule has 1 rings (SSSR count). The number of carbonyl (C=O) groups excluding carboxylic acids is 2. The standard InChI is InChI=1S/C20H31N3O4/c1-12(2)10-16(20(26)27)22-19(25)17(13(3)4)23-18(24)15(21)11-14-8-6-5-7-9-14/h5-9,12-13,15-17H,10-11,21H2,1-4H3,(H,22,25)(H,23,24)(H,26,27)/t15?,16-,17-/m0/s1.